The average molecular weight is 326 g/mol. The molecule has 2 aromatic rings. The molecule has 0 aliphatic rings. The highest BCUT2D eigenvalue weighted by atomic mass is 16.5. The summed E-state index contributed by atoms with van der Waals surface area (Å²) in [4.78, 5) is 26.1. The van der Waals surface area contributed by atoms with Gasteiger partial charge in [0.15, 0.2) is 6.61 Å². The second kappa shape index (κ2) is 9.09. The smallest absolute Gasteiger partial charge is 0.341 e. The molecule has 6 heteroatoms. The maximum Gasteiger partial charge on any atom is 0.341 e. The van der Waals surface area contributed by atoms with E-state index in [1.54, 1.807) is 36.7 Å². The molecule has 124 valence electrons. The maximum absolute atomic E-state index is 11.7. The molecule has 0 saturated carbocycles. The van der Waals surface area contributed by atoms with Crippen molar-refractivity contribution >= 4 is 18.0 Å². The SMILES string of the molecule is O=C(O)COc1ccc(CCNC(=O)C=Cc2cccnc2)cc1. The van der Waals surface area contributed by atoms with Crippen LogP contribution in [-0.2, 0) is 16.0 Å². The van der Waals surface area contributed by atoms with E-state index in [9.17, 15) is 9.59 Å². The molecule has 0 fully saturated rings. The molecule has 0 atom stereocenters. The largest absolute Gasteiger partial charge is 0.482 e. The summed E-state index contributed by atoms with van der Waals surface area (Å²) in [6.07, 6.45) is 7.20. The van der Waals surface area contributed by atoms with Crippen molar-refractivity contribution < 1.29 is 19.4 Å². The van der Waals surface area contributed by atoms with Gasteiger partial charge in [-0.1, -0.05) is 18.2 Å². The van der Waals surface area contributed by atoms with Crippen molar-refractivity contribution in [2.24, 2.45) is 0 Å². The first-order valence-corrected chi connectivity index (χ1v) is 7.43. The topological polar surface area (TPSA) is 88.5 Å². The van der Waals surface area contributed by atoms with E-state index in [1.165, 1.54) is 6.08 Å². The Balaban J connectivity index is 1.72. The minimum absolute atomic E-state index is 0.166. The molecule has 0 spiro atoms. The van der Waals surface area contributed by atoms with Crippen molar-refractivity contribution in [3.05, 3.63) is 66.0 Å². The minimum Gasteiger partial charge on any atom is -0.482 e. The van der Waals surface area contributed by atoms with Crippen LogP contribution in [0.15, 0.2) is 54.9 Å². The van der Waals surface area contributed by atoms with Gasteiger partial charge >= 0.3 is 5.97 Å². The molecular formula is C18H18N2O4. The second-order valence-electron chi connectivity index (χ2n) is 4.99. The van der Waals surface area contributed by atoms with Crippen LogP contribution in [0.1, 0.15) is 11.1 Å². The van der Waals surface area contributed by atoms with E-state index in [0.29, 0.717) is 18.7 Å². The Bertz CT molecular complexity index is 697. The summed E-state index contributed by atoms with van der Waals surface area (Å²) >= 11 is 0. The van der Waals surface area contributed by atoms with Crippen LogP contribution in [0.4, 0.5) is 0 Å². The molecule has 0 bridgehead atoms. The van der Waals surface area contributed by atoms with E-state index < -0.39 is 5.97 Å². The summed E-state index contributed by atoms with van der Waals surface area (Å²) in [7, 11) is 0. The van der Waals surface area contributed by atoms with Crippen LogP contribution in [0.5, 0.6) is 5.75 Å². The predicted molar refractivity (Wildman–Crippen MR) is 89.6 cm³/mol. The van der Waals surface area contributed by atoms with E-state index in [-0.39, 0.29) is 12.5 Å². The first-order valence-electron chi connectivity index (χ1n) is 7.43. The number of nitrogens with zero attached hydrogens (tertiary/aromatic N) is 1. The van der Waals surface area contributed by atoms with Gasteiger partial charge in [-0.2, -0.15) is 0 Å². The number of carbonyl (C=O) groups is 2. The van der Waals surface area contributed by atoms with Gasteiger partial charge in [0.1, 0.15) is 5.75 Å². The average Bonchev–Trinajstić information content (AvgIpc) is 2.60. The number of carboxylic acids is 1. The number of amides is 1. The lowest BCUT2D eigenvalue weighted by Gasteiger charge is -2.05. The van der Waals surface area contributed by atoms with Crippen LogP contribution in [0.25, 0.3) is 6.08 Å². The number of hydrogen-bond donors (Lipinski definition) is 2. The Labute approximate surface area is 139 Å². The molecule has 1 heterocycles. The number of carbonyl (C=O) groups excluding carboxylic acids is 1. The van der Waals surface area contributed by atoms with Crippen molar-refractivity contribution in [2.75, 3.05) is 13.2 Å². The van der Waals surface area contributed by atoms with Crippen molar-refractivity contribution in [3.63, 3.8) is 0 Å². The van der Waals surface area contributed by atoms with Gasteiger partial charge in [0.05, 0.1) is 0 Å². The third kappa shape index (κ3) is 6.31. The van der Waals surface area contributed by atoms with Crippen LogP contribution >= 0.6 is 0 Å². The number of benzene rings is 1. The number of nitrogens with one attached hydrogen (secondary N) is 1. The first-order chi connectivity index (χ1) is 11.6. The van der Waals surface area contributed by atoms with Crippen molar-refractivity contribution in [3.8, 4) is 5.75 Å². The van der Waals surface area contributed by atoms with Gasteiger partial charge in [0.25, 0.3) is 0 Å². The van der Waals surface area contributed by atoms with Gasteiger partial charge in [-0.25, -0.2) is 4.79 Å². The predicted octanol–water partition coefficient (Wildman–Crippen LogP) is 1.92. The Morgan fingerprint density at radius 2 is 2.00 bits per heavy atom. The summed E-state index contributed by atoms with van der Waals surface area (Å²) < 4.78 is 5.06. The number of hydrogen-bond acceptors (Lipinski definition) is 4. The first kappa shape index (κ1) is 17.2. The Hall–Kier alpha value is -3.15. The Morgan fingerprint density at radius 3 is 2.67 bits per heavy atom. The lowest BCUT2D eigenvalue weighted by Crippen LogP contribution is -2.23. The lowest BCUT2D eigenvalue weighted by molar-refractivity contribution is -0.139. The van der Waals surface area contributed by atoms with Crippen molar-refractivity contribution in [1.29, 1.82) is 0 Å². The van der Waals surface area contributed by atoms with Crippen molar-refractivity contribution in [1.82, 2.24) is 10.3 Å². The molecule has 0 unspecified atom stereocenters. The number of carboxylic acid groups (broad SMARTS) is 1. The van der Waals surface area contributed by atoms with Crippen LogP contribution in [-0.4, -0.2) is 35.1 Å². The van der Waals surface area contributed by atoms with Gasteiger partial charge < -0.3 is 15.2 Å². The molecule has 2 rings (SSSR count). The Morgan fingerprint density at radius 1 is 1.21 bits per heavy atom. The number of aromatic nitrogens is 1. The fourth-order valence-corrected chi connectivity index (χ4v) is 1.93. The molecule has 2 N–H and O–H groups in total. The standard InChI is InChI=1S/C18H18N2O4/c21-17(8-5-15-2-1-10-19-12-15)20-11-9-14-3-6-16(7-4-14)24-13-18(22)23/h1-8,10,12H,9,11,13H2,(H,20,21)(H,22,23). The van der Waals surface area contributed by atoms with E-state index in [1.807, 2.05) is 18.2 Å². The lowest BCUT2D eigenvalue weighted by atomic mass is 10.1. The highest BCUT2D eigenvalue weighted by Gasteiger charge is 2.00. The van der Waals surface area contributed by atoms with Crippen LogP contribution in [0, 0.1) is 0 Å². The van der Waals surface area contributed by atoms with Gasteiger partial charge in [-0.05, 0) is 41.8 Å². The van der Waals surface area contributed by atoms with Crippen LogP contribution in [0.3, 0.4) is 0 Å². The van der Waals surface area contributed by atoms with Crippen molar-refractivity contribution in [2.45, 2.75) is 6.42 Å². The molecule has 1 amide bonds. The summed E-state index contributed by atoms with van der Waals surface area (Å²) in [5.74, 6) is -0.675. The van der Waals surface area contributed by atoms with E-state index in [2.05, 4.69) is 10.3 Å². The molecular weight excluding hydrogens is 308 g/mol. The third-order valence-corrected chi connectivity index (χ3v) is 3.11. The van der Waals surface area contributed by atoms with Gasteiger partial charge in [0, 0.05) is 25.0 Å². The molecule has 1 aromatic carbocycles. The van der Waals surface area contributed by atoms with E-state index in [0.717, 1.165) is 11.1 Å². The molecule has 0 aliphatic carbocycles. The molecule has 0 radical (unpaired) electrons. The summed E-state index contributed by atoms with van der Waals surface area (Å²) in [5, 5.41) is 11.3. The molecule has 6 nitrogen and oxygen atoms in total. The second-order valence-corrected chi connectivity index (χ2v) is 4.99. The summed E-state index contributed by atoms with van der Waals surface area (Å²) in [6.45, 7) is 0.143. The van der Waals surface area contributed by atoms with Gasteiger partial charge in [0.2, 0.25) is 5.91 Å². The van der Waals surface area contributed by atoms with E-state index >= 15 is 0 Å². The highest BCUT2D eigenvalue weighted by Crippen LogP contribution is 2.12. The fraction of sp³-hybridized carbons (Fsp3) is 0.167. The fourth-order valence-electron chi connectivity index (χ4n) is 1.93. The molecule has 1 aromatic heterocycles. The zero-order chi connectivity index (χ0) is 17.2. The highest BCUT2D eigenvalue weighted by molar-refractivity contribution is 5.91. The number of pyridine rings is 1. The van der Waals surface area contributed by atoms with Gasteiger partial charge in [-0.15, -0.1) is 0 Å². The summed E-state index contributed by atoms with van der Waals surface area (Å²) in [6, 6.07) is 10.8. The maximum atomic E-state index is 11.7. The minimum atomic E-state index is -1.01. The Kier molecular flexibility index (Phi) is 6.52. The van der Waals surface area contributed by atoms with E-state index in [4.69, 9.17) is 9.84 Å². The van der Waals surface area contributed by atoms with Crippen LogP contribution in [0.2, 0.25) is 0 Å². The van der Waals surface area contributed by atoms with Crippen LogP contribution < -0.4 is 10.1 Å². The molecule has 0 saturated heterocycles. The quantitative estimate of drug-likeness (QED) is 0.724. The summed E-state index contributed by atoms with van der Waals surface area (Å²) in [5.41, 5.74) is 1.89. The number of aliphatic carboxylic acids is 1. The molecule has 24 heavy (non-hydrogen) atoms. The zero-order valence-electron chi connectivity index (χ0n) is 13.0. The molecule has 0 aliphatic heterocycles. The zero-order valence-corrected chi connectivity index (χ0v) is 13.0. The monoisotopic (exact) mass is 326 g/mol. The number of ether oxygens (including phenoxy) is 1. The normalized spacial score (nSPS) is 10.5. The van der Waals surface area contributed by atoms with Gasteiger partial charge in [-0.3, -0.25) is 9.78 Å². The third-order valence-electron chi connectivity index (χ3n) is 3.11. The number of rotatable bonds is 8.